The minimum atomic E-state index is 0. The van der Waals surface area contributed by atoms with Crippen LogP contribution in [0.5, 0.6) is 0 Å². The Labute approximate surface area is 133 Å². The van der Waals surface area contributed by atoms with E-state index < -0.39 is 0 Å². The van der Waals surface area contributed by atoms with Crippen molar-refractivity contribution in [3.8, 4) is 0 Å². The van der Waals surface area contributed by atoms with Gasteiger partial charge in [-0.25, -0.2) is 0 Å². The molecule has 21 heavy (non-hydrogen) atoms. The number of ether oxygens (including phenoxy) is 1. The first kappa shape index (κ1) is 18.9. The van der Waals surface area contributed by atoms with Gasteiger partial charge < -0.3 is 15.4 Å². The highest BCUT2D eigenvalue weighted by Crippen LogP contribution is 2.21. The largest absolute Gasteiger partial charge is 0.377 e. The second kappa shape index (κ2) is 11.4. The maximum Gasteiger partial charge on any atom is 0.0597 e. The maximum atomic E-state index is 5.80. The zero-order valence-corrected chi connectivity index (χ0v) is 14.5. The minimum absolute atomic E-state index is 0. The van der Waals surface area contributed by atoms with Crippen LogP contribution in [0.3, 0.4) is 0 Å². The van der Waals surface area contributed by atoms with Crippen molar-refractivity contribution in [3.63, 3.8) is 0 Å². The lowest BCUT2D eigenvalue weighted by Gasteiger charge is -2.35. The van der Waals surface area contributed by atoms with Crippen LogP contribution >= 0.6 is 0 Å². The Balaban J connectivity index is 0.000000644. The average molecular weight is 302 g/mol. The summed E-state index contributed by atoms with van der Waals surface area (Å²) < 4.78 is 5.80. The third kappa shape index (κ3) is 8.77. The fraction of sp³-hybridized carbons (Fsp3) is 1.00. The molecule has 128 valence electrons. The van der Waals surface area contributed by atoms with Crippen LogP contribution in [0.4, 0.5) is 0 Å². The first-order valence-electron chi connectivity index (χ1n) is 8.92. The topological polar surface area (TPSA) is 41.7 Å². The van der Waals surface area contributed by atoms with E-state index in [9.17, 15) is 0 Å². The molecule has 2 rings (SSSR count). The number of hydrogen-bond acceptors (Lipinski definition) is 4. The molecule has 1 saturated carbocycles. The minimum Gasteiger partial charge on any atom is -0.377 e. The van der Waals surface area contributed by atoms with E-state index in [1.807, 2.05) is 0 Å². The second-order valence-electron chi connectivity index (χ2n) is 6.74. The van der Waals surface area contributed by atoms with Crippen molar-refractivity contribution in [2.45, 2.75) is 52.6 Å². The first-order chi connectivity index (χ1) is 10.2. The molecule has 0 radical (unpaired) electrons. The molecule has 0 aromatic carbocycles. The Morgan fingerprint density at radius 2 is 1.62 bits per heavy atom. The summed E-state index contributed by atoms with van der Waals surface area (Å²) in [6.45, 7) is 15.6. The summed E-state index contributed by atoms with van der Waals surface area (Å²) in [7, 11) is 0. The number of rotatable bonds is 7. The van der Waals surface area contributed by atoms with Crippen LogP contribution in [0, 0.1) is 5.92 Å². The van der Waals surface area contributed by atoms with E-state index >= 15 is 0 Å². The molecule has 2 N–H and O–H groups in total. The Bertz CT molecular complexity index is 242. The van der Waals surface area contributed by atoms with E-state index in [4.69, 9.17) is 10.5 Å². The number of hydrogen-bond donors (Lipinski definition) is 1. The van der Waals surface area contributed by atoms with Crippen molar-refractivity contribution in [2.75, 3.05) is 52.4 Å². The van der Waals surface area contributed by atoms with Crippen LogP contribution in [-0.4, -0.2) is 68.3 Å². The fourth-order valence-electron chi connectivity index (χ4n) is 2.44. The molecule has 4 heteroatoms. The van der Waals surface area contributed by atoms with E-state index in [-0.39, 0.29) is 1.43 Å². The first-order valence-corrected chi connectivity index (χ1v) is 8.92. The molecule has 0 bridgehead atoms. The van der Waals surface area contributed by atoms with Crippen molar-refractivity contribution in [2.24, 2.45) is 11.7 Å². The van der Waals surface area contributed by atoms with Gasteiger partial charge in [0.1, 0.15) is 0 Å². The summed E-state index contributed by atoms with van der Waals surface area (Å²) in [4.78, 5) is 5.12. The number of nitrogens with two attached hydrogens (primary N) is 1. The van der Waals surface area contributed by atoms with Gasteiger partial charge in [-0.2, -0.15) is 0 Å². The number of nitrogens with zero attached hydrogens (tertiary/aromatic N) is 2. The molecule has 0 spiro atoms. The zero-order valence-electron chi connectivity index (χ0n) is 14.5. The lowest BCUT2D eigenvalue weighted by Crippen LogP contribution is -2.47. The molecule has 1 aliphatic heterocycles. The van der Waals surface area contributed by atoms with E-state index in [2.05, 4.69) is 30.6 Å². The summed E-state index contributed by atoms with van der Waals surface area (Å²) in [5.41, 5.74) is 5.17. The standard InChI is InChI=1S/C13H26N2O.C4H11N.H2/c1-2-6-14-7-9-15(10-8-14)11-12-16-13-4-3-5-13;1-4(2)3-5;/h13H,2-12H2,1H3;4H,3,5H2,1-2H3;1H. The van der Waals surface area contributed by atoms with Crippen LogP contribution < -0.4 is 5.73 Å². The molecule has 1 aliphatic carbocycles. The van der Waals surface area contributed by atoms with Gasteiger partial charge in [-0.1, -0.05) is 20.8 Å². The fourth-order valence-corrected chi connectivity index (χ4v) is 2.44. The van der Waals surface area contributed by atoms with Gasteiger partial charge in [-0.05, 0) is 44.7 Å². The molecule has 0 unspecified atom stereocenters. The number of piperazine rings is 1. The Kier molecular flexibility index (Phi) is 10.3. The molecule has 0 aromatic rings. The lowest BCUT2D eigenvalue weighted by molar-refractivity contribution is -0.0121. The van der Waals surface area contributed by atoms with E-state index in [0.717, 1.165) is 19.7 Å². The highest BCUT2D eigenvalue weighted by atomic mass is 16.5. The third-order valence-corrected chi connectivity index (χ3v) is 4.29. The van der Waals surface area contributed by atoms with Gasteiger partial charge in [0.25, 0.3) is 0 Å². The van der Waals surface area contributed by atoms with Crippen LogP contribution in [0.2, 0.25) is 0 Å². The van der Waals surface area contributed by atoms with Crippen LogP contribution in [0.25, 0.3) is 0 Å². The third-order valence-electron chi connectivity index (χ3n) is 4.29. The Hall–Kier alpha value is -0.160. The van der Waals surface area contributed by atoms with Gasteiger partial charge in [-0.15, -0.1) is 0 Å². The molecule has 4 nitrogen and oxygen atoms in total. The van der Waals surface area contributed by atoms with Crippen LogP contribution in [0.15, 0.2) is 0 Å². The Morgan fingerprint density at radius 1 is 1.10 bits per heavy atom. The lowest BCUT2D eigenvalue weighted by atomic mass is 9.96. The van der Waals surface area contributed by atoms with Crippen molar-refractivity contribution < 1.29 is 6.16 Å². The summed E-state index contributed by atoms with van der Waals surface area (Å²) in [5, 5.41) is 0. The van der Waals surface area contributed by atoms with Crippen molar-refractivity contribution in [1.82, 2.24) is 9.80 Å². The van der Waals surface area contributed by atoms with Gasteiger partial charge in [0.15, 0.2) is 0 Å². The normalized spacial score (nSPS) is 21.0. The average Bonchev–Trinajstić information content (AvgIpc) is 2.44. The van der Waals surface area contributed by atoms with E-state index in [1.165, 1.54) is 58.4 Å². The highest BCUT2D eigenvalue weighted by Gasteiger charge is 2.19. The molecule has 0 amide bonds. The van der Waals surface area contributed by atoms with Gasteiger partial charge in [-0.3, -0.25) is 4.90 Å². The quantitative estimate of drug-likeness (QED) is 0.784. The van der Waals surface area contributed by atoms with Gasteiger partial charge in [0.05, 0.1) is 12.7 Å². The summed E-state index contributed by atoms with van der Waals surface area (Å²) in [6, 6.07) is 0. The highest BCUT2D eigenvalue weighted by molar-refractivity contribution is 4.73. The monoisotopic (exact) mass is 301 g/mol. The molecule has 1 heterocycles. The molecule has 1 saturated heterocycles. The zero-order chi connectivity index (χ0) is 15.5. The molecule has 2 fully saturated rings. The maximum absolute atomic E-state index is 5.80. The van der Waals surface area contributed by atoms with Crippen molar-refractivity contribution in [1.29, 1.82) is 0 Å². The van der Waals surface area contributed by atoms with Crippen molar-refractivity contribution >= 4 is 0 Å². The van der Waals surface area contributed by atoms with Gasteiger partial charge >= 0.3 is 0 Å². The van der Waals surface area contributed by atoms with Crippen LogP contribution in [0.1, 0.15) is 47.9 Å². The van der Waals surface area contributed by atoms with Gasteiger partial charge in [0.2, 0.25) is 0 Å². The van der Waals surface area contributed by atoms with Crippen LogP contribution in [-0.2, 0) is 4.74 Å². The molecule has 0 atom stereocenters. The second-order valence-corrected chi connectivity index (χ2v) is 6.74. The molecule has 0 aromatic heterocycles. The Morgan fingerprint density at radius 3 is 2.00 bits per heavy atom. The van der Waals surface area contributed by atoms with Crippen molar-refractivity contribution in [3.05, 3.63) is 0 Å². The summed E-state index contributed by atoms with van der Waals surface area (Å²) in [6.07, 6.45) is 5.85. The summed E-state index contributed by atoms with van der Waals surface area (Å²) >= 11 is 0. The van der Waals surface area contributed by atoms with Gasteiger partial charge in [0, 0.05) is 34.2 Å². The molecule has 2 aliphatic rings. The predicted molar refractivity (Wildman–Crippen MR) is 92.8 cm³/mol. The SMILES string of the molecule is CC(C)CN.CCCN1CCN(CCOC2CCC2)CC1.[HH]. The summed E-state index contributed by atoms with van der Waals surface area (Å²) in [5.74, 6) is 0.662. The molecular formula is C17H39N3O. The predicted octanol–water partition coefficient (Wildman–Crippen LogP) is 2.43. The smallest absolute Gasteiger partial charge is 0.0597 e. The van der Waals surface area contributed by atoms with E-state index in [0.29, 0.717) is 12.0 Å². The van der Waals surface area contributed by atoms with E-state index in [1.54, 1.807) is 0 Å². The molecular weight excluding hydrogens is 262 g/mol.